The van der Waals surface area contributed by atoms with Crippen LogP contribution in [0, 0.1) is 51.9 Å². The van der Waals surface area contributed by atoms with Crippen molar-refractivity contribution in [2.45, 2.75) is 53.9 Å². The molecule has 3 heterocycles. The van der Waals surface area contributed by atoms with Crippen LogP contribution in [0.1, 0.15) is 47.5 Å². The summed E-state index contributed by atoms with van der Waals surface area (Å²) in [6.07, 6.45) is 2.83. The van der Waals surface area contributed by atoms with Crippen molar-refractivity contribution in [2.75, 3.05) is 18.0 Å². The van der Waals surface area contributed by atoms with Crippen molar-refractivity contribution in [3.63, 3.8) is 0 Å². The molecule has 2 aromatic heterocycles. The first kappa shape index (κ1) is 20.9. The van der Waals surface area contributed by atoms with Crippen molar-refractivity contribution in [3.05, 3.63) is 44.8 Å². The summed E-state index contributed by atoms with van der Waals surface area (Å²) in [6.45, 7) is 12.5. The molecule has 5 nitrogen and oxygen atoms in total. The summed E-state index contributed by atoms with van der Waals surface area (Å²) in [5, 5.41) is 10.3. The lowest BCUT2D eigenvalue weighted by atomic mass is 9.95. The van der Waals surface area contributed by atoms with Crippen molar-refractivity contribution < 1.29 is 0 Å². The Balaban J connectivity index is 1.95. The van der Waals surface area contributed by atoms with Gasteiger partial charge in [-0.1, -0.05) is 15.9 Å². The number of benzene rings is 1. The molecule has 30 heavy (non-hydrogen) atoms. The Kier molecular flexibility index (Phi) is 5.59. The molecule has 156 valence electrons. The largest absolute Gasteiger partial charge is 0.356 e. The average molecular weight is 466 g/mol. The molecular formula is C24H28BrN5. The Morgan fingerprint density at radius 3 is 2.50 bits per heavy atom. The molecule has 0 spiro atoms. The van der Waals surface area contributed by atoms with E-state index in [1.807, 2.05) is 6.92 Å². The second-order valence-corrected chi connectivity index (χ2v) is 9.46. The average Bonchev–Trinajstić information content (AvgIpc) is 2.92. The van der Waals surface area contributed by atoms with E-state index in [1.165, 1.54) is 28.1 Å². The summed E-state index contributed by atoms with van der Waals surface area (Å²) in [6, 6.07) is 6.68. The summed E-state index contributed by atoms with van der Waals surface area (Å²) >= 11 is 3.62. The molecule has 1 atom stereocenters. The number of nitrogens with zero attached hydrogens (tertiary/aromatic N) is 5. The van der Waals surface area contributed by atoms with Crippen LogP contribution >= 0.6 is 15.9 Å². The first-order valence-electron chi connectivity index (χ1n) is 10.6. The molecule has 1 saturated heterocycles. The Bertz CT molecular complexity index is 1150. The van der Waals surface area contributed by atoms with Crippen molar-refractivity contribution in [1.82, 2.24) is 14.5 Å². The fourth-order valence-electron chi connectivity index (χ4n) is 4.86. The SMILES string of the molecule is Cc1nc(N2CCCC(CC#N)C2)c2c(C)c(C)n(-c3c(C)cc(Br)cc3C)c2n1. The number of hydrogen-bond acceptors (Lipinski definition) is 4. The van der Waals surface area contributed by atoms with E-state index in [0.29, 0.717) is 12.3 Å². The molecule has 1 unspecified atom stereocenters. The number of aromatic nitrogens is 3. The molecule has 1 aromatic carbocycles. The summed E-state index contributed by atoms with van der Waals surface area (Å²) in [5.41, 5.74) is 7.02. The Hall–Kier alpha value is -2.39. The quantitative estimate of drug-likeness (QED) is 0.486. The lowest BCUT2D eigenvalue weighted by Gasteiger charge is -2.33. The fourth-order valence-corrected chi connectivity index (χ4v) is 5.55. The van der Waals surface area contributed by atoms with Crippen LogP contribution in [-0.2, 0) is 0 Å². The zero-order valence-electron chi connectivity index (χ0n) is 18.4. The molecule has 0 radical (unpaired) electrons. The first-order chi connectivity index (χ1) is 14.3. The van der Waals surface area contributed by atoms with Crippen molar-refractivity contribution in [3.8, 4) is 11.8 Å². The van der Waals surface area contributed by atoms with Crippen LogP contribution in [-0.4, -0.2) is 27.6 Å². The van der Waals surface area contributed by atoms with Gasteiger partial charge in [0, 0.05) is 29.7 Å². The number of halogens is 1. The number of hydrogen-bond donors (Lipinski definition) is 0. The molecule has 0 aliphatic carbocycles. The summed E-state index contributed by atoms with van der Waals surface area (Å²) < 4.78 is 3.40. The molecule has 0 N–H and O–H groups in total. The van der Waals surface area contributed by atoms with Gasteiger partial charge in [-0.2, -0.15) is 5.26 Å². The van der Waals surface area contributed by atoms with E-state index < -0.39 is 0 Å². The van der Waals surface area contributed by atoms with Gasteiger partial charge in [-0.15, -0.1) is 0 Å². The molecule has 6 heteroatoms. The minimum absolute atomic E-state index is 0.411. The van der Waals surface area contributed by atoms with E-state index >= 15 is 0 Å². The highest BCUT2D eigenvalue weighted by Gasteiger charge is 2.26. The topological polar surface area (TPSA) is 57.7 Å². The zero-order valence-corrected chi connectivity index (χ0v) is 20.0. The molecule has 1 fully saturated rings. The number of nitriles is 1. The molecule has 1 aliphatic heterocycles. The maximum absolute atomic E-state index is 9.17. The standard InChI is InChI=1S/C24H28BrN5/c1-14-11-20(25)12-15(2)22(14)30-17(4)16(3)21-23(27-18(5)28-24(21)30)29-10-6-7-19(13-29)8-9-26/h11-12,19H,6-8,10,13H2,1-5H3. The fraction of sp³-hybridized carbons (Fsp3) is 0.458. The van der Waals surface area contributed by atoms with E-state index in [9.17, 15) is 5.26 Å². The number of fused-ring (bicyclic) bond motifs is 1. The lowest BCUT2D eigenvalue weighted by Crippen LogP contribution is -2.36. The van der Waals surface area contributed by atoms with Crippen LogP contribution in [0.2, 0.25) is 0 Å². The molecule has 3 aromatic rings. The maximum atomic E-state index is 9.17. The Morgan fingerprint density at radius 1 is 1.13 bits per heavy atom. The monoisotopic (exact) mass is 465 g/mol. The highest BCUT2D eigenvalue weighted by Crippen LogP contribution is 2.37. The van der Waals surface area contributed by atoms with Crippen LogP contribution in [0.25, 0.3) is 16.7 Å². The van der Waals surface area contributed by atoms with Gasteiger partial charge in [-0.05, 0) is 82.2 Å². The molecule has 1 aliphatic rings. The third-order valence-electron chi connectivity index (χ3n) is 6.33. The summed E-state index contributed by atoms with van der Waals surface area (Å²) in [5.74, 6) is 2.21. The van der Waals surface area contributed by atoms with Gasteiger partial charge in [0.05, 0.1) is 17.1 Å². The van der Waals surface area contributed by atoms with Gasteiger partial charge in [-0.25, -0.2) is 9.97 Å². The van der Waals surface area contributed by atoms with E-state index in [2.05, 4.69) is 71.3 Å². The Labute approximate surface area is 186 Å². The maximum Gasteiger partial charge on any atom is 0.150 e. The number of aryl methyl sites for hydroxylation is 4. The number of piperidine rings is 1. The second kappa shape index (κ2) is 8.03. The van der Waals surface area contributed by atoms with Crippen LogP contribution in [0.4, 0.5) is 5.82 Å². The third kappa shape index (κ3) is 3.50. The molecule has 0 amide bonds. The number of rotatable bonds is 3. The predicted octanol–water partition coefficient (Wildman–Crippen LogP) is 5.86. The van der Waals surface area contributed by atoms with E-state index in [-0.39, 0.29) is 0 Å². The van der Waals surface area contributed by atoms with Gasteiger partial charge in [0.15, 0.2) is 5.65 Å². The minimum atomic E-state index is 0.411. The van der Waals surface area contributed by atoms with E-state index in [4.69, 9.17) is 9.97 Å². The van der Waals surface area contributed by atoms with Gasteiger partial charge < -0.3 is 4.90 Å². The van der Waals surface area contributed by atoms with E-state index in [1.54, 1.807) is 0 Å². The van der Waals surface area contributed by atoms with E-state index in [0.717, 1.165) is 53.1 Å². The second-order valence-electron chi connectivity index (χ2n) is 8.54. The van der Waals surface area contributed by atoms with Crippen LogP contribution in [0.15, 0.2) is 16.6 Å². The van der Waals surface area contributed by atoms with Gasteiger partial charge >= 0.3 is 0 Å². The van der Waals surface area contributed by atoms with Crippen molar-refractivity contribution in [2.24, 2.45) is 5.92 Å². The predicted molar refractivity (Wildman–Crippen MR) is 125 cm³/mol. The molecular weight excluding hydrogens is 438 g/mol. The van der Waals surface area contributed by atoms with Gasteiger partial charge in [-0.3, -0.25) is 4.57 Å². The highest BCUT2D eigenvalue weighted by molar-refractivity contribution is 9.10. The molecule has 4 rings (SSSR count). The van der Waals surface area contributed by atoms with Crippen molar-refractivity contribution >= 4 is 32.8 Å². The highest BCUT2D eigenvalue weighted by atomic mass is 79.9. The minimum Gasteiger partial charge on any atom is -0.356 e. The van der Waals surface area contributed by atoms with Gasteiger partial charge in [0.1, 0.15) is 11.6 Å². The normalized spacial score (nSPS) is 16.8. The van der Waals surface area contributed by atoms with Crippen LogP contribution in [0.3, 0.4) is 0 Å². The van der Waals surface area contributed by atoms with Gasteiger partial charge in [0.2, 0.25) is 0 Å². The molecule has 0 saturated carbocycles. The van der Waals surface area contributed by atoms with Crippen molar-refractivity contribution in [1.29, 1.82) is 5.26 Å². The lowest BCUT2D eigenvalue weighted by molar-refractivity contribution is 0.420. The smallest absolute Gasteiger partial charge is 0.150 e. The summed E-state index contributed by atoms with van der Waals surface area (Å²) in [4.78, 5) is 12.2. The third-order valence-corrected chi connectivity index (χ3v) is 6.78. The Morgan fingerprint density at radius 2 is 1.83 bits per heavy atom. The van der Waals surface area contributed by atoms with Crippen LogP contribution < -0.4 is 4.90 Å². The summed E-state index contributed by atoms with van der Waals surface area (Å²) in [7, 11) is 0. The zero-order chi connectivity index (χ0) is 21.6. The van der Waals surface area contributed by atoms with Gasteiger partial charge in [0.25, 0.3) is 0 Å². The van der Waals surface area contributed by atoms with Crippen LogP contribution in [0.5, 0.6) is 0 Å². The molecule has 0 bridgehead atoms. The number of anilines is 1. The first-order valence-corrected chi connectivity index (χ1v) is 11.4.